The predicted octanol–water partition coefficient (Wildman–Crippen LogP) is 4.48. The van der Waals surface area contributed by atoms with Crippen molar-refractivity contribution in [1.29, 1.82) is 0 Å². The Balaban J connectivity index is 1.66. The Morgan fingerprint density at radius 1 is 0.640 bits per heavy atom. The first-order valence-electron chi connectivity index (χ1n) is 8.15. The lowest BCUT2D eigenvalue weighted by Crippen LogP contribution is -1.93. The Kier molecular flexibility index (Phi) is 2.94. The summed E-state index contributed by atoms with van der Waals surface area (Å²) < 4.78 is 0. The van der Waals surface area contributed by atoms with Crippen molar-refractivity contribution in [2.24, 2.45) is 0 Å². The molecule has 25 heavy (non-hydrogen) atoms. The second kappa shape index (κ2) is 5.27. The van der Waals surface area contributed by atoms with Gasteiger partial charge in [-0.3, -0.25) is 0 Å². The molecule has 0 saturated carbocycles. The minimum atomic E-state index is 0.766. The van der Waals surface area contributed by atoms with E-state index in [2.05, 4.69) is 26.9 Å². The molecule has 0 aliphatic rings. The van der Waals surface area contributed by atoms with E-state index < -0.39 is 0 Å². The van der Waals surface area contributed by atoms with E-state index in [0.29, 0.717) is 0 Å². The standard InChI is InChI=1S/C20H15N5/c1-12-10-17(19-22-13-6-2-3-7-14(13)23-19)21-18(11-12)20-24-15-8-4-5-9-16(15)25-20/h2-11H,1H3,(H,22,23)(H,24,25). The predicted molar refractivity (Wildman–Crippen MR) is 99.1 cm³/mol. The van der Waals surface area contributed by atoms with E-state index in [1.807, 2.05) is 60.7 Å². The summed E-state index contributed by atoms with van der Waals surface area (Å²) in [6.07, 6.45) is 0. The summed E-state index contributed by atoms with van der Waals surface area (Å²) in [7, 11) is 0. The fraction of sp³-hybridized carbons (Fsp3) is 0.0500. The van der Waals surface area contributed by atoms with Crippen LogP contribution in [0.5, 0.6) is 0 Å². The molecule has 0 radical (unpaired) electrons. The number of pyridine rings is 1. The van der Waals surface area contributed by atoms with Crippen molar-refractivity contribution in [3.8, 4) is 23.0 Å². The maximum Gasteiger partial charge on any atom is 0.157 e. The zero-order chi connectivity index (χ0) is 16.8. The van der Waals surface area contributed by atoms with Gasteiger partial charge < -0.3 is 9.97 Å². The minimum Gasteiger partial charge on any atom is -0.337 e. The van der Waals surface area contributed by atoms with Gasteiger partial charge in [-0.2, -0.15) is 0 Å². The molecule has 3 aromatic heterocycles. The molecule has 2 aromatic carbocycles. The molecular formula is C20H15N5. The lowest BCUT2D eigenvalue weighted by atomic mass is 10.2. The molecule has 5 nitrogen and oxygen atoms in total. The molecular weight excluding hydrogens is 310 g/mol. The van der Waals surface area contributed by atoms with Gasteiger partial charge in [0.05, 0.1) is 22.1 Å². The van der Waals surface area contributed by atoms with Crippen LogP contribution in [0.4, 0.5) is 0 Å². The number of hydrogen-bond acceptors (Lipinski definition) is 3. The van der Waals surface area contributed by atoms with Gasteiger partial charge in [0.2, 0.25) is 0 Å². The van der Waals surface area contributed by atoms with Gasteiger partial charge in [-0.05, 0) is 48.9 Å². The van der Waals surface area contributed by atoms with E-state index >= 15 is 0 Å². The SMILES string of the molecule is Cc1cc(-c2nc3ccccc3[nH]2)nc(-c2nc3ccccc3[nH]2)c1. The third kappa shape index (κ3) is 2.37. The molecule has 0 fully saturated rings. The molecule has 2 N–H and O–H groups in total. The van der Waals surface area contributed by atoms with Crippen molar-refractivity contribution in [2.75, 3.05) is 0 Å². The number of rotatable bonds is 2. The second-order valence-electron chi connectivity index (χ2n) is 6.12. The summed E-state index contributed by atoms with van der Waals surface area (Å²) in [6, 6.07) is 20.0. The Bertz CT molecular complexity index is 1060. The molecule has 3 heterocycles. The van der Waals surface area contributed by atoms with Gasteiger partial charge in [-0.15, -0.1) is 0 Å². The lowest BCUT2D eigenvalue weighted by molar-refractivity contribution is 1.19. The van der Waals surface area contributed by atoms with Crippen molar-refractivity contribution < 1.29 is 0 Å². The first-order chi connectivity index (χ1) is 12.3. The summed E-state index contributed by atoms with van der Waals surface area (Å²) in [5.74, 6) is 1.53. The van der Waals surface area contributed by atoms with Crippen LogP contribution in [0.2, 0.25) is 0 Å². The molecule has 0 spiro atoms. The quantitative estimate of drug-likeness (QED) is 0.503. The number of hydrogen-bond donors (Lipinski definition) is 2. The molecule has 0 amide bonds. The number of nitrogens with one attached hydrogen (secondary N) is 2. The highest BCUT2D eigenvalue weighted by Crippen LogP contribution is 2.25. The zero-order valence-corrected chi connectivity index (χ0v) is 13.6. The highest BCUT2D eigenvalue weighted by molar-refractivity contribution is 5.80. The van der Waals surface area contributed by atoms with Gasteiger partial charge >= 0.3 is 0 Å². The average Bonchev–Trinajstić information content (AvgIpc) is 3.25. The summed E-state index contributed by atoms with van der Waals surface area (Å²) in [4.78, 5) is 20.8. The molecule has 0 aliphatic carbocycles. The van der Waals surface area contributed by atoms with Gasteiger partial charge in [-0.1, -0.05) is 24.3 Å². The van der Waals surface area contributed by atoms with E-state index in [0.717, 1.165) is 50.7 Å². The molecule has 5 heteroatoms. The average molecular weight is 325 g/mol. The first kappa shape index (κ1) is 13.9. The van der Waals surface area contributed by atoms with Crippen LogP contribution >= 0.6 is 0 Å². The fourth-order valence-electron chi connectivity index (χ4n) is 3.06. The van der Waals surface area contributed by atoms with Gasteiger partial charge in [0, 0.05) is 0 Å². The smallest absolute Gasteiger partial charge is 0.157 e. The maximum atomic E-state index is 4.78. The highest BCUT2D eigenvalue weighted by Gasteiger charge is 2.12. The van der Waals surface area contributed by atoms with Crippen molar-refractivity contribution in [1.82, 2.24) is 24.9 Å². The normalized spacial score (nSPS) is 11.4. The number of nitrogens with zero attached hydrogens (tertiary/aromatic N) is 3. The number of benzene rings is 2. The Morgan fingerprint density at radius 2 is 1.12 bits per heavy atom. The summed E-state index contributed by atoms with van der Waals surface area (Å²) in [6.45, 7) is 2.06. The molecule has 5 aromatic rings. The van der Waals surface area contributed by atoms with Crippen LogP contribution in [0, 0.1) is 6.92 Å². The molecule has 0 atom stereocenters. The van der Waals surface area contributed by atoms with Crippen LogP contribution < -0.4 is 0 Å². The molecule has 0 unspecified atom stereocenters. The Morgan fingerprint density at radius 3 is 1.60 bits per heavy atom. The second-order valence-corrected chi connectivity index (χ2v) is 6.12. The number of fused-ring (bicyclic) bond motifs is 2. The number of aromatic nitrogens is 5. The summed E-state index contributed by atoms with van der Waals surface area (Å²) in [5, 5.41) is 0. The number of para-hydroxylation sites is 4. The number of aryl methyl sites for hydroxylation is 1. The lowest BCUT2D eigenvalue weighted by Gasteiger charge is -2.03. The van der Waals surface area contributed by atoms with E-state index in [-0.39, 0.29) is 0 Å². The van der Waals surface area contributed by atoms with Crippen molar-refractivity contribution >= 4 is 22.1 Å². The number of imidazole rings is 2. The van der Waals surface area contributed by atoms with E-state index in [1.165, 1.54) is 0 Å². The molecule has 0 aliphatic heterocycles. The monoisotopic (exact) mass is 325 g/mol. The number of aromatic amines is 2. The van der Waals surface area contributed by atoms with Gasteiger partial charge in [0.25, 0.3) is 0 Å². The van der Waals surface area contributed by atoms with Crippen LogP contribution in [0.15, 0.2) is 60.7 Å². The van der Waals surface area contributed by atoms with Gasteiger partial charge in [0.1, 0.15) is 11.4 Å². The van der Waals surface area contributed by atoms with Crippen LogP contribution in [-0.4, -0.2) is 24.9 Å². The Hall–Kier alpha value is -3.47. The van der Waals surface area contributed by atoms with Crippen LogP contribution in [0.25, 0.3) is 45.1 Å². The minimum absolute atomic E-state index is 0.766. The van der Waals surface area contributed by atoms with Crippen molar-refractivity contribution in [3.63, 3.8) is 0 Å². The topological polar surface area (TPSA) is 70.2 Å². The summed E-state index contributed by atoms with van der Waals surface area (Å²) in [5.41, 5.74) is 6.62. The molecule has 5 rings (SSSR count). The van der Waals surface area contributed by atoms with E-state index in [4.69, 9.17) is 4.98 Å². The van der Waals surface area contributed by atoms with Crippen LogP contribution in [-0.2, 0) is 0 Å². The first-order valence-corrected chi connectivity index (χ1v) is 8.15. The molecule has 0 bridgehead atoms. The van der Waals surface area contributed by atoms with E-state index in [9.17, 15) is 0 Å². The van der Waals surface area contributed by atoms with E-state index in [1.54, 1.807) is 0 Å². The molecule has 0 saturated heterocycles. The largest absolute Gasteiger partial charge is 0.337 e. The highest BCUT2D eigenvalue weighted by atomic mass is 15.0. The molecule has 120 valence electrons. The van der Waals surface area contributed by atoms with Crippen LogP contribution in [0.3, 0.4) is 0 Å². The third-order valence-electron chi connectivity index (χ3n) is 4.23. The van der Waals surface area contributed by atoms with Crippen molar-refractivity contribution in [3.05, 3.63) is 66.2 Å². The van der Waals surface area contributed by atoms with Gasteiger partial charge in [0.15, 0.2) is 11.6 Å². The van der Waals surface area contributed by atoms with Crippen molar-refractivity contribution in [2.45, 2.75) is 6.92 Å². The van der Waals surface area contributed by atoms with Crippen LogP contribution in [0.1, 0.15) is 5.56 Å². The fourth-order valence-corrected chi connectivity index (χ4v) is 3.06. The third-order valence-corrected chi connectivity index (χ3v) is 4.23. The zero-order valence-electron chi connectivity index (χ0n) is 13.6. The number of H-pyrrole nitrogens is 2. The summed E-state index contributed by atoms with van der Waals surface area (Å²) >= 11 is 0. The maximum absolute atomic E-state index is 4.78. The van der Waals surface area contributed by atoms with Gasteiger partial charge in [-0.25, -0.2) is 15.0 Å². The Labute approximate surface area is 143 Å².